The first-order chi connectivity index (χ1) is 18.6. The Morgan fingerprint density at radius 3 is 2.71 bits per heavy atom. The molecule has 0 saturated carbocycles. The van der Waals surface area contributed by atoms with Gasteiger partial charge in [0.05, 0.1) is 11.0 Å². The van der Waals surface area contributed by atoms with E-state index < -0.39 is 0 Å². The number of aromatic nitrogens is 5. The molecule has 0 bridgehead atoms. The second kappa shape index (κ2) is 10.2. The fourth-order valence-electron chi connectivity index (χ4n) is 5.18. The highest BCUT2D eigenvalue weighted by molar-refractivity contribution is 5.96. The van der Waals surface area contributed by atoms with Gasteiger partial charge in [0, 0.05) is 35.7 Å². The average Bonchev–Trinajstić information content (AvgIpc) is 3.69. The van der Waals surface area contributed by atoms with Gasteiger partial charge in [0.15, 0.2) is 0 Å². The Balaban J connectivity index is 1.39. The van der Waals surface area contributed by atoms with Crippen molar-refractivity contribution in [3.63, 3.8) is 0 Å². The zero-order valence-corrected chi connectivity index (χ0v) is 21.3. The summed E-state index contributed by atoms with van der Waals surface area (Å²) in [6, 6.07) is 12.7. The lowest BCUT2D eigenvalue weighted by atomic mass is 10.0. The molecule has 1 fully saturated rings. The number of hydrogen-bond donors (Lipinski definition) is 2. The van der Waals surface area contributed by atoms with Crippen LogP contribution in [-0.4, -0.2) is 43.1 Å². The molecule has 0 aliphatic carbocycles. The molecule has 0 unspecified atom stereocenters. The van der Waals surface area contributed by atoms with E-state index in [1.165, 1.54) is 30.5 Å². The lowest BCUT2D eigenvalue weighted by molar-refractivity contribution is 0.331. The lowest BCUT2D eigenvalue weighted by Crippen LogP contribution is -2.23. The number of nitrogens with one attached hydrogen (secondary N) is 2. The van der Waals surface area contributed by atoms with Crippen LogP contribution in [0.4, 0.5) is 4.39 Å². The summed E-state index contributed by atoms with van der Waals surface area (Å²) in [5.74, 6) is -0.258. The van der Waals surface area contributed by atoms with Crippen molar-refractivity contribution in [2.75, 3.05) is 13.1 Å². The molecule has 1 aliphatic heterocycles. The maximum absolute atomic E-state index is 13.5. The SMILES string of the molecule is C=C(/C=c1/c(-c2cc3c(-c4ccc(F)cc4)ccnc3[nH]2)n[nH]/c1=C/C)c1cncc(CN2CCCC2)c1. The van der Waals surface area contributed by atoms with Crippen LogP contribution < -0.4 is 10.6 Å². The second-order valence-corrected chi connectivity index (χ2v) is 9.73. The van der Waals surface area contributed by atoms with Crippen molar-refractivity contribution in [2.45, 2.75) is 26.3 Å². The van der Waals surface area contributed by atoms with E-state index in [2.05, 4.69) is 54.8 Å². The topological polar surface area (TPSA) is 73.5 Å². The van der Waals surface area contributed by atoms with Crippen molar-refractivity contribution in [3.8, 4) is 22.5 Å². The molecule has 2 N–H and O–H groups in total. The Bertz CT molecular complexity index is 1740. The Hall–Kier alpha value is -4.36. The fraction of sp³-hybridized carbons (Fsp3) is 0.194. The predicted octanol–water partition coefficient (Wildman–Crippen LogP) is 5.04. The normalized spacial score (nSPS) is 15.1. The zero-order valence-electron chi connectivity index (χ0n) is 21.3. The van der Waals surface area contributed by atoms with Crippen LogP contribution in [0.2, 0.25) is 0 Å². The quantitative estimate of drug-likeness (QED) is 0.340. The van der Waals surface area contributed by atoms with Gasteiger partial charge in [-0.3, -0.25) is 15.0 Å². The third kappa shape index (κ3) is 4.68. The number of H-pyrrole nitrogens is 2. The Labute approximate surface area is 220 Å². The summed E-state index contributed by atoms with van der Waals surface area (Å²) in [6.07, 6.45) is 12.2. The molecule has 5 heterocycles. The van der Waals surface area contributed by atoms with Crippen molar-refractivity contribution in [2.24, 2.45) is 0 Å². The van der Waals surface area contributed by atoms with Crippen LogP contribution in [-0.2, 0) is 6.54 Å². The van der Waals surface area contributed by atoms with Gasteiger partial charge in [-0.25, -0.2) is 9.37 Å². The molecule has 0 radical (unpaired) electrons. The summed E-state index contributed by atoms with van der Waals surface area (Å²) >= 11 is 0. The van der Waals surface area contributed by atoms with Gasteiger partial charge in [0.25, 0.3) is 0 Å². The van der Waals surface area contributed by atoms with Gasteiger partial charge < -0.3 is 4.98 Å². The van der Waals surface area contributed by atoms with Gasteiger partial charge in [0.1, 0.15) is 17.2 Å². The first kappa shape index (κ1) is 24.0. The van der Waals surface area contributed by atoms with Crippen molar-refractivity contribution >= 4 is 28.8 Å². The van der Waals surface area contributed by atoms with Crippen LogP contribution in [0.3, 0.4) is 0 Å². The number of hydrogen-bond acceptors (Lipinski definition) is 4. The Kier molecular flexibility index (Phi) is 6.43. The highest BCUT2D eigenvalue weighted by atomic mass is 19.1. The largest absolute Gasteiger partial charge is 0.338 e. The van der Waals surface area contributed by atoms with Gasteiger partial charge in [-0.2, -0.15) is 5.10 Å². The number of pyridine rings is 2. The average molecular weight is 505 g/mol. The number of halogens is 1. The zero-order chi connectivity index (χ0) is 26.1. The summed E-state index contributed by atoms with van der Waals surface area (Å²) < 4.78 is 13.5. The van der Waals surface area contributed by atoms with E-state index in [-0.39, 0.29) is 5.82 Å². The van der Waals surface area contributed by atoms with Crippen LogP contribution in [0.15, 0.2) is 67.6 Å². The van der Waals surface area contributed by atoms with E-state index in [4.69, 9.17) is 0 Å². The van der Waals surface area contributed by atoms with Gasteiger partial charge in [-0.05, 0) is 97.1 Å². The number of rotatable bonds is 6. The maximum atomic E-state index is 13.5. The summed E-state index contributed by atoms with van der Waals surface area (Å²) in [6.45, 7) is 9.56. The molecule has 7 heteroatoms. The fourth-order valence-corrected chi connectivity index (χ4v) is 5.18. The molecule has 4 aromatic heterocycles. The highest BCUT2D eigenvalue weighted by Gasteiger charge is 2.15. The minimum Gasteiger partial charge on any atom is -0.338 e. The van der Waals surface area contributed by atoms with Crippen molar-refractivity contribution in [1.29, 1.82) is 0 Å². The third-order valence-corrected chi connectivity index (χ3v) is 7.15. The summed E-state index contributed by atoms with van der Waals surface area (Å²) in [4.78, 5) is 14.9. The third-order valence-electron chi connectivity index (χ3n) is 7.15. The molecule has 5 aromatic rings. The highest BCUT2D eigenvalue weighted by Crippen LogP contribution is 2.30. The van der Waals surface area contributed by atoms with E-state index in [1.54, 1.807) is 18.3 Å². The summed E-state index contributed by atoms with van der Waals surface area (Å²) in [5.41, 5.74) is 7.33. The van der Waals surface area contributed by atoms with Crippen molar-refractivity contribution < 1.29 is 4.39 Å². The lowest BCUT2D eigenvalue weighted by Gasteiger charge is -2.14. The van der Waals surface area contributed by atoms with Crippen LogP contribution in [0.5, 0.6) is 0 Å². The number of likely N-dealkylation sites (tertiary alicyclic amines) is 1. The van der Waals surface area contributed by atoms with Gasteiger partial charge in [-0.15, -0.1) is 0 Å². The molecule has 38 heavy (non-hydrogen) atoms. The van der Waals surface area contributed by atoms with Crippen molar-refractivity contribution in [1.82, 2.24) is 30.0 Å². The number of allylic oxidation sites excluding steroid dienone is 1. The van der Waals surface area contributed by atoms with Crippen LogP contribution in [0, 0.1) is 5.82 Å². The van der Waals surface area contributed by atoms with Crippen molar-refractivity contribution in [3.05, 3.63) is 95.1 Å². The molecular weight excluding hydrogens is 475 g/mol. The Morgan fingerprint density at radius 2 is 1.92 bits per heavy atom. The summed E-state index contributed by atoms with van der Waals surface area (Å²) in [5, 5.41) is 10.6. The minimum absolute atomic E-state index is 0.258. The molecule has 190 valence electrons. The van der Waals surface area contributed by atoms with E-state index in [0.717, 1.165) is 74.9 Å². The molecule has 6 nitrogen and oxygen atoms in total. The first-order valence-electron chi connectivity index (χ1n) is 12.9. The van der Waals surface area contributed by atoms with E-state index in [0.29, 0.717) is 0 Å². The van der Waals surface area contributed by atoms with Crippen LogP contribution in [0.1, 0.15) is 30.9 Å². The molecule has 0 amide bonds. The van der Waals surface area contributed by atoms with Gasteiger partial charge >= 0.3 is 0 Å². The number of nitrogens with zero attached hydrogens (tertiary/aromatic N) is 4. The molecule has 6 rings (SSSR count). The second-order valence-electron chi connectivity index (χ2n) is 9.73. The molecule has 0 spiro atoms. The van der Waals surface area contributed by atoms with Gasteiger partial charge in [0.2, 0.25) is 0 Å². The van der Waals surface area contributed by atoms with E-state index in [9.17, 15) is 4.39 Å². The number of benzene rings is 1. The first-order valence-corrected chi connectivity index (χ1v) is 12.9. The van der Waals surface area contributed by atoms with E-state index in [1.807, 2.05) is 31.5 Å². The van der Waals surface area contributed by atoms with Gasteiger partial charge in [-0.1, -0.05) is 24.8 Å². The van der Waals surface area contributed by atoms with Crippen LogP contribution >= 0.6 is 0 Å². The molecule has 1 aliphatic rings. The minimum atomic E-state index is -0.258. The van der Waals surface area contributed by atoms with E-state index >= 15 is 0 Å². The number of fused-ring (bicyclic) bond motifs is 1. The number of aromatic amines is 2. The van der Waals surface area contributed by atoms with Crippen LogP contribution in [0.25, 0.3) is 51.3 Å². The molecule has 1 saturated heterocycles. The molecule has 1 aromatic carbocycles. The smallest absolute Gasteiger partial charge is 0.138 e. The maximum Gasteiger partial charge on any atom is 0.138 e. The molecular formula is C31H29FN6. The monoisotopic (exact) mass is 504 g/mol. The predicted molar refractivity (Wildman–Crippen MR) is 151 cm³/mol. The summed E-state index contributed by atoms with van der Waals surface area (Å²) in [7, 11) is 0. The molecule has 0 atom stereocenters. The Morgan fingerprint density at radius 1 is 1.11 bits per heavy atom. The standard InChI is InChI=1S/C31H29FN6/c1-3-28-27(14-20(2)23-15-21(17-33-18-23)19-38-12-4-5-13-38)30(37-36-28)29-16-26-25(10-11-34-31(26)35-29)22-6-8-24(32)9-7-22/h3,6-11,14-18,36H,2,4-5,12-13,19H2,1H3,(H,34,35)/b27-14+,28-3+.